The average molecular weight is 411 g/mol. The van der Waals surface area contributed by atoms with Crippen molar-refractivity contribution in [3.63, 3.8) is 0 Å². The quantitative estimate of drug-likeness (QED) is 0.520. The molecule has 0 unspecified atom stereocenters. The maximum absolute atomic E-state index is 13.2. The molecule has 0 aliphatic heterocycles. The van der Waals surface area contributed by atoms with Gasteiger partial charge in [0.25, 0.3) is 11.1 Å². The fraction of sp³-hybridized carbons (Fsp3) is 0.478. The molecule has 30 heavy (non-hydrogen) atoms. The number of nitrogens with zero attached hydrogens (tertiary/aromatic N) is 3. The molecule has 160 valence electrons. The number of hydrogen-bond donors (Lipinski definition) is 1. The van der Waals surface area contributed by atoms with Crippen LogP contribution in [0.5, 0.6) is 0 Å². The summed E-state index contributed by atoms with van der Waals surface area (Å²) in [5.74, 6) is 0. The second-order valence-corrected chi connectivity index (χ2v) is 7.64. The fourth-order valence-electron chi connectivity index (χ4n) is 3.67. The molecule has 0 bridgehead atoms. The van der Waals surface area contributed by atoms with Crippen LogP contribution in [-0.4, -0.2) is 19.1 Å². The molecule has 2 heterocycles. The van der Waals surface area contributed by atoms with Gasteiger partial charge in [-0.15, -0.1) is 0 Å². The second-order valence-electron chi connectivity index (χ2n) is 7.64. The van der Waals surface area contributed by atoms with Gasteiger partial charge in [-0.05, 0) is 31.2 Å². The highest BCUT2D eigenvalue weighted by atomic mass is 16.2. The molecule has 3 aromatic rings. The Morgan fingerprint density at radius 1 is 0.867 bits per heavy atom. The van der Waals surface area contributed by atoms with Crippen LogP contribution in [-0.2, 0) is 25.9 Å². The Balaban J connectivity index is 2.15. The predicted octanol–water partition coefficient (Wildman–Crippen LogP) is 3.02. The summed E-state index contributed by atoms with van der Waals surface area (Å²) in [6.45, 7) is 5.03. The lowest BCUT2D eigenvalue weighted by molar-refractivity contribution is 0.578. The third-order valence-electron chi connectivity index (χ3n) is 5.36. The van der Waals surface area contributed by atoms with E-state index < -0.39 is 11.2 Å². The number of nitrogens with one attached hydrogen (secondary N) is 1. The van der Waals surface area contributed by atoms with Crippen LogP contribution in [0.2, 0.25) is 0 Å². The van der Waals surface area contributed by atoms with Crippen molar-refractivity contribution in [2.24, 2.45) is 0 Å². The molecule has 0 aliphatic carbocycles. The van der Waals surface area contributed by atoms with Crippen molar-refractivity contribution in [3.8, 4) is 0 Å². The largest absolute Gasteiger partial charge is 0.330 e. The molecular formula is C23H30N4O3. The van der Waals surface area contributed by atoms with Crippen molar-refractivity contribution in [3.05, 3.63) is 72.8 Å². The number of rotatable bonds is 10. The van der Waals surface area contributed by atoms with Crippen LogP contribution in [0.15, 0.2) is 44.7 Å². The number of H-pyrrole nitrogens is 1. The predicted molar refractivity (Wildman–Crippen MR) is 119 cm³/mol. The van der Waals surface area contributed by atoms with Crippen molar-refractivity contribution in [1.29, 1.82) is 0 Å². The van der Waals surface area contributed by atoms with Crippen molar-refractivity contribution >= 4 is 11.2 Å². The first-order valence-corrected chi connectivity index (χ1v) is 10.9. The van der Waals surface area contributed by atoms with Crippen molar-refractivity contribution in [2.75, 3.05) is 0 Å². The first-order chi connectivity index (χ1) is 14.6. The zero-order valence-electron chi connectivity index (χ0n) is 17.8. The first-order valence-electron chi connectivity index (χ1n) is 10.9. The Kier molecular flexibility index (Phi) is 7.38. The number of benzene rings is 1. The Bertz CT molecular complexity index is 1160. The van der Waals surface area contributed by atoms with Crippen LogP contribution in [0.1, 0.15) is 57.2 Å². The van der Waals surface area contributed by atoms with E-state index in [1.807, 2.05) is 37.3 Å². The third kappa shape index (κ3) is 4.78. The van der Waals surface area contributed by atoms with Crippen molar-refractivity contribution in [2.45, 2.75) is 71.9 Å². The minimum absolute atomic E-state index is 0.204. The average Bonchev–Trinajstić information content (AvgIpc) is 2.74. The summed E-state index contributed by atoms with van der Waals surface area (Å²) in [6, 6.07) is 9.92. The van der Waals surface area contributed by atoms with Crippen LogP contribution >= 0.6 is 0 Å². The first kappa shape index (κ1) is 21.7. The standard InChI is InChI=1S/C23H30N4O3/c1-3-5-10-16-26-19-20(27(15-6-4-2)23(30)25-21(19)28)24-18(22(26)29)14-13-17-11-8-7-9-12-17/h7-9,11-12H,3-6,10,13-16H2,1-2H3,(H,25,28,30). The van der Waals surface area contributed by atoms with Crippen LogP contribution in [0.3, 0.4) is 0 Å². The van der Waals surface area contributed by atoms with Gasteiger partial charge in [0.2, 0.25) is 0 Å². The second kappa shape index (κ2) is 10.2. The van der Waals surface area contributed by atoms with E-state index in [0.29, 0.717) is 37.3 Å². The monoisotopic (exact) mass is 410 g/mol. The van der Waals surface area contributed by atoms with E-state index >= 15 is 0 Å². The number of aromatic nitrogens is 4. The van der Waals surface area contributed by atoms with E-state index in [1.165, 1.54) is 9.13 Å². The molecule has 0 radical (unpaired) electrons. The molecule has 0 amide bonds. The molecule has 1 aromatic carbocycles. The molecule has 0 atom stereocenters. The van der Waals surface area contributed by atoms with Crippen molar-refractivity contribution < 1.29 is 0 Å². The highest BCUT2D eigenvalue weighted by molar-refractivity contribution is 5.69. The zero-order chi connectivity index (χ0) is 21.5. The molecule has 0 saturated heterocycles. The summed E-state index contributed by atoms with van der Waals surface area (Å²) in [7, 11) is 0. The molecule has 1 N–H and O–H groups in total. The number of fused-ring (bicyclic) bond motifs is 1. The molecule has 0 saturated carbocycles. The van der Waals surface area contributed by atoms with E-state index in [1.54, 1.807) is 0 Å². The van der Waals surface area contributed by atoms with Gasteiger partial charge in [-0.1, -0.05) is 63.4 Å². The highest BCUT2D eigenvalue weighted by Crippen LogP contribution is 2.10. The third-order valence-corrected chi connectivity index (χ3v) is 5.36. The van der Waals surface area contributed by atoms with Gasteiger partial charge in [0.1, 0.15) is 5.69 Å². The van der Waals surface area contributed by atoms with Gasteiger partial charge in [0.15, 0.2) is 11.2 Å². The minimum Gasteiger partial charge on any atom is -0.299 e. The molecular weight excluding hydrogens is 380 g/mol. The van der Waals surface area contributed by atoms with E-state index in [2.05, 4.69) is 16.9 Å². The van der Waals surface area contributed by atoms with E-state index in [9.17, 15) is 14.4 Å². The van der Waals surface area contributed by atoms with Crippen LogP contribution < -0.4 is 16.8 Å². The number of aryl methyl sites for hydroxylation is 4. The molecule has 7 nitrogen and oxygen atoms in total. The van der Waals surface area contributed by atoms with Gasteiger partial charge >= 0.3 is 5.69 Å². The van der Waals surface area contributed by atoms with Gasteiger partial charge in [-0.25, -0.2) is 9.78 Å². The van der Waals surface area contributed by atoms with Gasteiger partial charge in [-0.2, -0.15) is 0 Å². The summed E-state index contributed by atoms with van der Waals surface area (Å²) in [6.07, 6.45) is 5.59. The lowest BCUT2D eigenvalue weighted by Crippen LogP contribution is -2.37. The smallest absolute Gasteiger partial charge is 0.299 e. The summed E-state index contributed by atoms with van der Waals surface area (Å²) < 4.78 is 3.03. The molecule has 7 heteroatoms. The van der Waals surface area contributed by atoms with E-state index in [0.717, 1.165) is 37.7 Å². The summed E-state index contributed by atoms with van der Waals surface area (Å²) in [5.41, 5.74) is 0.788. The van der Waals surface area contributed by atoms with Gasteiger partial charge in [0.05, 0.1) is 0 Å². The number of aromatic amines is 1. The summed E-state index contributed by atoms with van der Waals surface area (Å²) in [4.78, 5) is 45.3. The number of hydrogen-bond acceptors (Lipinski definition) is 4. The Hall–Kier alpha value is -2.96. The maximum Gasteiger partial charge on any atom is 0.330 e. The topological polar surface area (TPSA) is 89.8 Å². The lowest BCUT2D eigenvalue weighted by Gasteiger charge is -2.15. The minimum atomic E-state index is -0.543. The fourth-order valence-corrected chi connectivity index (χ4v) is 3.67. The normalized spacial score (nSPS) is 11.3. The van der Waals surface area contributed by atoms with Gasteiger partial charge in [0, 0.05) is 13.1 Å². The Labute approximate surface area is 175 Å². The lowest BCUT2D eigenvalue weighted by atomic mass is 10.1. The van der Waals surface area contributed by atoms with Crippen LogP contribution in [0.25, 0.3) is 11.2 Å². The molecule has 2 aromatic heterocycles. The highest BCUT2D eigenvalue weighted by Gasteiger charge is 2.18. The maximum atomic E-state index is 13.2. The van der Waals surface area contributed by atoms with Gasteiger partial charge in [-0.3, -0.25) is 23.7 Å². The van der Waals surface area contributed by atoms with E-state index in [-0.39, 0.29) is 11.1 Å². The molecule has 3 rings (SSSR count). The Morgan fingerprint density at radius 3 is 2.27 bits per heavy atom. The van der Waals surface area contributed by atoms with Crippen LogP contribution in [0.4, 0.5) is 0 Å². The Morgan fingerprint density at radius 2 is 1.57 bits per heavy atom. The van der Waals surface area contributed by atoms with Crippen LogP contribution in [0, 0.1) is 0 Å². The molecule has 0 spiro atoms. The number of unbranched alkanes of at least 4 members (excludes halogenated alkanes) is 3. The van der Waals surface area contributed by atoms with E-state index in [4.69, 9.17) is 0 Å². The summed E-state index contributed by atoms with van der Waals surface area (Å²) in [5, 5.41) is 0. The molecule has 0 aliphatic rings. The van der Waals surface area contributed by atoms with Gasteiger partial charge < -0.3 is 0 Å². The zero-order valence-corrected chi connectivity index (χ0v) is 17.8. The molecule has 0 fully saturated rings. The van der Waals surface area contributed by atoms with Crippen molar-refractivity contribution in [1.82, 2.24) is 19.1 Å². The SMILES string of the molecule is CCCCCn1c(=O)c(CCc2ccccc2)nc2c1c(=O)[nH]c(=O)n2CCCC. The summed E-state index contributed by atoms with van der Waals surface area (Å²) >= 11 is 0.